The Morgan fingerprint density at radius 3 is 2.23 bits per heavy atom. The number of nitrogens with zero attached hydrogens (tertiary/aromatic N) is 3. The number of benzene rings is 2. The Hall–Kier alpha value is -4.28. The summed E-state index contributed by atoms with van der Waals surface area (Å²) in [6, 6.07) is 9.90. The van der Waals surface area contributed by atoms with Crippen molar-refractivity contribution in [2.45, 2.75) is 27.0 Å². The smallest absolute Gasteiger partial charge is 0.308 e. The maximum Gasteiger partial charge on any atom is 0.308 e. The van der Waals surface area contributed by atoms with E-state index in [2.05, 4.69) is 5.10 Å². The maximum absolute atomic E-state index is 12.2. The molecule has 0 radical (unpaired) electrons. The third-order valence-electron chi connectivity index (χ3n) is 4.07. The quantitative estimate of drug-likeness (QED) is 0.307. The number of para-hydroxylation sites is 1. The van der Waals surface area contributed by atoms with E-state index in [1.54, 1.807) is 0 Å². The summed E-state index contributed by atoms with van der Waals surface area (Å²) in [6.07, 6.45) is -1.13. The Morgan fingerprint density at radius 1 is 1.03 bits per heavy atom. The minimum atomic E-state index is -1.13. The van der Waals surface area contributed by atoms with Crippen LogP contribution in [0.5, 0.6) is 11.5 Å². The first kappa shape index (κ1) is 21.4. The first-order valence-electron chi connectivity index (χ1n) is 8.97. The fraction of sp³-hybridized carbons (Fsp3) is 0.200. The van der Waals surface area contributed by atoms with E-state index >= 15 is 0 Å². The number of nitro groups is 1. The largest absolute Gasteiger partial charge is 0.446 e. The third-order valence-corrected chi connectivity index (χ3v) is 4.07. The minimum Gasteiger partial charge on any atom is -0.446 e. The zero-order valence-electron chi connectivity index (χ0n) is 16.7. The number of carbonyl (C=O) groups is 3. The van der Waals surface area contributed by atoms with Crippen LogP contribution >= 0.6 is 0 Å². The van der Waals surface area contributed by atoms with Crippen LogP contribution in [-0.4, -0.2) is 33.7 Å². The topological polar surface area (TPSA) is 138 Å². The molecule has 1 unspecified atom stereocenters. The van der Waals surface area contributed by atoms with Crippen LogP contribution in [0.4, 0.5) is 5.69 Å². The second kappa shape index (κ2) is 8.61. The highest BCUT2D eigenvalue weighted by Crippen LogP contribution is 2.41. The number of amides is 1. The number of non-ortho nitro benzene ring substituents is 1. The fourth-order valence-corrected chi connectivity index (χ4v) is 2.83. The van der Waals surface area contributed by atoms with Gasteiger partial charge in [-0.1, -0.05) is 6.07 Å². The summed E-state index contributed by atoms with van der Waals surface area (Å²) in [4.78, 5) is 45.6. The van der Waals surface area contributed by atoms with E-state index in [4.69, 9.17) is 14.2 Å². The molecule has 0 saturated heterocycles. The molecule has 160 valence electrons. The number of nitro benzene ring substituents is 1. The monoisotopic (exact) mass is 427 g/mol. The van der Waals surface area contributed by atoms with Gasteiger partial charge in [-0.05, 0) is 24.3 Å². The second-order valence-corrected chi connectivity index (χ2v) is 6.40. The van der Waals surface area contributed by atoms with E-state index in [9.17, 15) is 24.5 Å². The van der Waals surface area contributed by atoms with Crippen molar-refractivity contribution < 1.29 is 33.5 Å². The molecule has 1 amide bonds. The van der Waals surface area contributed by atoms with Gasteiger partial charge in [-0.15, -0.1) is 5.10 Å². The predicted molar refractivity (Wildman–Crippen MR) is 105 cm³/mol. The average Bonchev–Trinajstić information content (AvgIpc) is 3.14. The van der Waals surface area contributed by atoms with Crippen molar-refractivity contribution in [3.8, 4) is 11.5 Å². The summed E-state index contributed by atoms with van der Waals surface area (Å²) in [7, 11) is 0. The zero-order chi connectivity index (χ0) is 22.7. The summed E-state index contributed by atoms with van der Waals surface area (Å²) in [5.74, 6) is -1.89. The van der Waals surface area contributed by atoms with Crippen molar-refractivity contribution in [2.75, 3.05) is 0 Å². The molecule has 1 heterocycles. The van der Waals surface area contributed by atoms with Crippen molar-refractivity contribution in [1.29, 1.82) is 0 Å². The van der Waals surface area contributed by atoms with Crippen LogP contribution in [0.15, 0.2) is 47.6 Å². The van der Waals surface area contributed by atoms with E-state index < -0.39 is 29.0 Å². The van der Waals surface area contributed by atoms with E-state index in [0.29, 0.717) is 5.56 Å². The number of rotatable bonds is 5. The van der Waals surface area contributed by atoms with Gasteiger partial charge in [0, 0.05) is 38.5 Å². The SMILES string of the molecule is CC(=O)Oc1cccc(C2OC(c3ccc([N+](=O)[O-])cc3)=NN2C(C)=O)c1OC(C)=O. The Balaban J connectivity index is 2.02. The highest BCUT2D eigenvalue weighted by molar-refractivity contribution is 5.96. The number of carbonyl (C=O) groups excluding carboxylic acids is 3. The van der Waals surface area contributed by atoms with Gasteiger partial charge in [-0.3, -0.25) is 24.5 Å². The van der Waals surface area contributed by atoms with Gasteiger partial charge in [-0.25, -0.2) is 0 Å². The van der Waals surface area contributed by atoms with Gasteiger partial charge in [0.15, 0.2) is 11.5 Å². The molecule has 1 aliphatic heterocycles. The summed E-state index contributed by atoms with van der Waals surface area (Å²) in [6.45, 7) is 3.62. The van der Waals surface area contributed by atoms with Crippen molar-refractivity contribution in [2.24, 2.45) is 5.10 Å². The van der Waals surface area contributed by atoms with Crippen molar-refractivity contribution in [1.82, 2.24) is 5.01 Å². The molecule has 0 bridgehead atoms. The molecule has 0 aliphatic carbocycles. The Kier molecular flexibility index (Phi) is 5.95. The molecule has 3 rings (SSSR count). The van der Waals surface area contributed by atoms with Crippen LogP contribution in [0.1, 0.15) is 38.1 Å². The highest BCUT2D eigenvalue weighted by atomic mass is 16.6. The van der Waals surface area contributed by atoms with Gasteiger partial charge in [-0.2, -0.15) is 5.01 Å². The van der Waals surface area contributed by atoms with E-state index in [-0.39, 0.29) is 28.6 Å². The summed E-state index contributed by atoms with van der Waals surface area (Å²) >= 11 is 0. The molecule has 11 nitrogen and oxygen atoms in total. The Morgan fingerprint density at radius 2 is 1.68 bits per heavy atom. The Bertz CT molecular complexity index is 1090. The van der Waals surface area contributed by atoms with Gasteiger partial charge in [0.05, 0.1) is 10.5 Å². The summed E-state index contributed by atoms with van der Waals surface area (Å²) < 4.78 is 16.2. The standard InChI is InChI=1S/C20H17N3O8/c1-11(24)22-20(31-19(21-22)14-7-9-15(10-8-14)23(27)28)16-5-4-6-17(29-12(2)25)18(16)30-13(3)26/h4-10,20H,1-3H3. The third kappa shape index (κ3) is 4.66. The zero-order valence-corrected chi connectivity index (χ0v) is 16.7. The van der Waals surface area contributed by atoms with E-state index in [1.807, 2.05) is 0 Å². The lowest BCUT2D eigenvalue weighted by atomic mass is 10.1. The number of esters is 2. The van der Waals surface area contributed by atoms with E-state index in [1.165, 1.54) is 63.2 Å². The molecule has 0 N–H and O–H groups in total. The van der Waals surface area contributed by atoms with Gasteiger partial charge in [0.1, 0.15) is 0 Å². The van der Waals surface area contributed by atoms with Crippen LogP contribution < -0.4 is 9.47 Å². The molecule has 0 spiro atoms. The first-order chi connectivity index (χ1) is 14.7. The lowest BCUT2D eigenvalue weighted by molar-refractivity contribution is -0.384. The van der Waals surface area contributed by atoms with Crippen LogP contribution in [-0.2, 0) is 19.1 Å². The highest BCUT2D eigenvalue weighted by Gasteiger charge is 2.36. The van der Waals surface area contributed by atoms with Gasteiger partial charge in [0.25, 0.3) is 5.69 Å². The van der Waals surface area contributed by atoms with Crippen LogP contribution in [0.25, 0.3) is 0 Å². The molecule has 0 fully saturated rings. The second-order valence-electron chi connectivity index (χ2n) is 6.40. The minimum absolute atomic E-state index is 0.0294. The number of ether oxygens (including phenoxy) is 3. The molecular formula is C20H17N3O8. The maximum atomic E-state index is 12.2. The average molecular weight is 427 g/mol. The molecular weight excluding hydrogens is 410 g/mol. The normalized spacial score (nSPS) is 15.0. The lowest BCUT2D eigenvalue weighted by Gasteiger charge is -2.22. The molecule has 0 aromatic heterocycles. The van der Waals surface area contributed by atoms with Crippen molar-refractivity contribution in [3.05, 3.63) is 63.7 Å². The molecule has 2 aromatic carbocycles. The van der Waals surface area contributed by atoms with Crippen LogP contribution in [0, 0.1) is 10.1 Å². The van der Waals surface area contributed by atoms with Gasteiger partial charge >= 0.3 is 11.9 Å². The number of hydrazone groups is 1. The Labute approximate surface area is 176 Å². The molecule has 2 aromatic rings. The molecule has 31 heavy (non-hydrogen) atoms. The van der Waals surface area contributed by atoms with Gasteiger partial charge in [0.2, 0.25) is 18.0 Å². The predicted octanol–water partition coefficient (Wildman–Crippen LogP) is 2.68. The van der Waals surface area contributed by atoms with Gasteiger partial charge < -0.3 is 14.2 Å². The number of hydrogen-bond donors (Lipinski definition) is 0. The molecule has 1 atom stereocenters. The lowest BCUT2D eigenvalue weighted by Crippen LogP contribution is -2.26. The number of hydrogen-bond acceptors (Lipinski definition) is 9. The fourth-order valence-electron chi connectivity index (χ4n) is 2.83. The summed E-state index contributed by atoms with van der Waals surface area (Å²) in [5, 5.41) is 16.0. The molecule has 1 aliphatic rings. The van der Waals surface area contributed by atoms with Crippen LogP contribution in [0.3, 0.4) is 0 Å². The molecule has 11 heteroatoms. The van der Waals surface area contributed by atoms with Crippen molar-refractivity contribution in [3.63, 3.8) is 0 Å². The van der Waals surface area contributed by atoms with Crippen LogP contribution in [0.2, 0.25) is 0 Å². The van der Waals surface area contributed by atoms with Crippen molar-refractivity contribution >= 4 is 29.4 Å². The molecule has 0 saturated carbocycles. The summed E-state index contributed by atoms with van der Waals surface area (Å²) in [5.41, 5.74) is 0.489. The van der Waals surface area contributed by atoms with E-state index in [0.717, 1.165) is 5.01 Å². The first-order valence-corrected chi connectivity index (χ1v) is 8.97.